The molecule has 0 bridgehead atoms. The maximum absolute atomic E-state index is 6.07. The van der Waals surface area contributed by atoms with Crippen molar-refractivity contribution >= 4 is 11.3 Å². The Morgan fingerprint density at radius 1 is 1.31 bits per heavy atom. The molecule has 84 valence electrons. The predicted molar refractivity (Wildman–Crippen MR) is 64.3 cm³/mol. The molecule has 0 spiro atoms. The third-order valence-corrected chi connectivity index (χ3v) is 3.57. The van der Waals surface area contributed by atoms with E-state index in [4.69, 9.17) is 5.73 Å². The van der Waals surface area contributed by atoms with Crippen molar-refractivity contribution in [2.24, 2.45) is 5.73 Å². The maximum atomic E-state index is 6.07. The van der Waals surface area contributed by atoms with Gasteiger partial charge < -0.3 is 5.73 Å². The second-order valence-corrected chi connectivity index (χ2v) is 5.02. The van der Waals surface area contributed by atoms with Crippen molar-refractivity contribution in [3.63, 3.8) is 0 Å². The van der Waals surface area contributed by atoms with Gasteiger partial charge in [-0.05, 0) is 13.8 Å². The number of nitrogens with zero attached hydrogens (tertiary/aromatic N) is 3. The summed E-state index contributed by atoms with van der Waals surface area (Å²) in [5.74, 6) is 0. The van der Waals surface area contributed by atoms with Gasteiger partial charge in [0, 0.05) is 35.3 Å². The minimum absolute atomic E-state index is 0.0776. The monoisotopic (exact) mass is 234 g/mol. The summed E-state index contributed by atoms with van der Waals surface area (Å²) in [6.07, 6.45) is 5.76. The SMILES string of the molecule is Cc1nc(CC(N)c2cncnc2)sc1C. The quantitative estimate of drug-likeness (QED) is 0.879. The van der Waals surface area contributed by atoms with E-state index in [0.29, 0.717) is 0 Å². The van der Waals surface area contributed by atoms with Crippen molar-refractivity contribution in [3.05, 3.63) is 39.9 Å². The molecule has 0 fully saturated rings. The third kappa shape index (κ3) is 2.43. The zero-order valence-corrected chi connectivity index (χ0v) is 10.2. The van der Waals surface area contributed by atoms with E-state index in [9.17, 15) is 0 Å². The van der Waals surface area contributed by atoms with E-state index in [1.807, 2.05) is 6.92 Å². The van der Waals surface area contributed by atoms with Crippen molar-refractivity contribution < 1.29 is 0 Å². The van der Waals surface area contributed by atoms with Gasteiger partial charge in [0.15, 0.2) is 0 Å². The molecule has 0 aliphatic carbocycles. The summed E-state index contributed by atoms with van der Waals surface area (Å²) >= 11 is 1.71. The van der Waals surface area contributed by atoms with Crippen LogP contribution in [0.3, 0.4) is 0 Å². The molecule has 2 aromatic rings. The van der Waals surface area contributed by atoms with Crippen LogP contribution in [0.1, 0.15) is 27.2 Å². The molecule has 0 aliphatic heterocycles. The Kier molecular flexibility index (Phi) is 3.26. The molecule has 0 radical (unpaired) electrons. The Morgan fingerprint density at radius 2 is 2.00 bits per heavy atom. The number of rotatable bonds is 3. The third-order valence-electron chi connectivity index (χ3n) is 2.48. The van der Waals surface area contributed by atoms with Gasteiger partial charge in [0.1, 0.15) is 6.33 Å². The first-order valence-corrected chi connectivity index (χ1v) is 5.92. The summed E-state index contributed by atoms with van der Waals surface area (Å²) in [4.78, 5) is 13.7. The normalized spacial score (nSPS) is 12.7. The lowest BCUT2D eigenvalue weighted by molar-refractivity contribution is 0.708. The smallest absolute Gasteiger partial charge is 0.115 e. The number of thiazole rings is 1. The Hall–Kier alpha value is -1.33. The summed E-state index contributed by atoms with van der Waals surface area (Å²) in [5.41, 5.74) is 8.12. The summed E-state index contributed by atoms with van der Waals surface area (Å²) in [6.45, 7) is 4.10. The molecule has 4 nitrogen and oxygen atoms in total. The average molecular weight is 234 g/mol. The van der Waals surface area contributed by atoms with E-state index in [0.717, 1.165) is 22.7 Å². The lowest BCUT2D eigenvalue weighted by atomic mass is 10.1. The highest BCUT2D eigenvalue weighted by molar-refractivity contribution is 7.11. The highest BCUT2D eigenvalue weighted by Crippen LogP contribution is 2.21. The molecule has 0 amide bonds. The van der Waals surface area contributed by atoms with E-state index < -0.39 is 0 Å². The van der Waals surface area contributed by atoms with Gasteiger partial charge in [0.2, 0.25) is 0 Å². The van der Waals surface area contributed by atoms with Crippen LogP contribution in [0.2, 0.25) is 0 Å². The van der Waals surface area contributed by atoms with Crippen LogP contribution in [0.5, 0.6) is 0 Å². The summed E-state index contributed by atoms with van der Waals surface area (Å²) in [7, 11) is 0. The average Bonchev–Trinajstić information content (AvgIpc) is 2.59. The molecule has 2 heterocycles. The molecule has 0 saturated carbocycles. The number of aryl methyl sites for hydroxylation is 2. The summed E-state index contributed by atoms with van der Waals surface area (Å²) < 4.78 is 0. The molecule has 1 atom stereocenters. The van der Waals surface area contributed by atoms with Crippen LogP contribution in [0.25, 0.3) is 0 Å². The molecule has 2 rings (SSSR count). The topological polar surface area (TPSA) is 64.7 Å². The Morgan fingerprint density at radius 3 is 2.56 bits per heavy atom. The minimum atomic E-state index is -0.0776. The highest BCUT2D eigenvalue weighted by Gasteiger charge is 2.11. The molecule has 1 unspecified atom stereocenters. The standard InChI is InChI=1S/C11H14N4S/c1-7-8(2)16-11(15-7)3-10(12)9-4-13-6-14-5-9/h4-6,10H,3,12H2,1-2H3. The first-order valence-electron chi connectivity index (χ1n) is 5.10. The van der Waals surface area contributed by atoms with Crippen LogP contribution < -0.4 is 5.73 Å². The van der Waals surface area contributed by atoms with Crippen LogP contribution in [-0.2, 0) is 6.42 Å². The lowest BCUT2D eigenvalue weighted by Gasteiger charge is -2.08. The molecule has 0 saturated heterocycles. The van der Waals surface area contributed by atoms with E-state index in [2.05, 4.69) is 21.9 Å². The van der Waals surface area contributed by atoms with Gasteiger partial charge in [-0.3, -0.25) is 0 Å². The van der Waals surface area contributed by atoms with Crippen molar-refractivity contribution in [3.8, 4) is 0 Å². The van der Waals surface area contributed by atoms with E-state index in [-0.39, 0.29) is 6.04 Å². The molecule has 16 heavy (non-hydrogen) atoms. The first kappa shape index (κ1) is 11.2. The fraction of sp³-hybridized carbons (Fsp3) is 0.364. The van der Waals surface area contributed by atoms with Crippen molar-refractivity contribution in [1.29, 1.82) is 0 Å². The van der Waals surface area contributed by atoms with Gasteiger partial charge in [-0.25, -0.2) is 15.0 Å². The Bertz CT molecular complexity index is 447. The largest absolute Gasteiger partial charge is 0.324 e. The van der Waals surface area contributed by atoms with Crippen LogP contribution >= 0.6 is 11.3 Å². The Balaban J connectivity index is 2.11. The fourth-order valence-corrected chi connectivity index (χ4v) is 2.43. The second-order valence-electron chi connectivity index (χ2n) is 3.73. The zero-order chi connectivity index (χ0) is 11.5. The van der Waals surface area contributed by atoms with E-state index in [1.54, 1.807) is 23.7 Å². The molecule has 2 N–H and O–H groups in total. The predicted octanol–water partition coefficient (Wildman–Crippen LogP) is 1.79. The van der Waals surface area contributed by atoms with Crippen molar-refractivity contribution in [2.45, 2.75) is 26.3 Å². The summed E-state index contributed by atoms with van der Waals surface area (Å²) in [6, 6.07) is -0.0776. The number of hydrogen-bond acceptors (Lipinski definition) is 5. The number of nitrogens with two attached hydrogens (primary N) is 1. The second kappa shape index (κ2) is 4.67. The minimum Gasteiger partial charge on any atom is -0.324 e. The van der Waals surface area contributed by atoms with Gasteiger partial charge >= 0.3 is 0 Å². The van der Waals surface area contributed by atoms with Gasteiger partial charge in [-0.1, -0.05) is 0 Å². The summed E-state index contributed by atoms with van der Waals surface area (Å²) in [5, 5.41) is 1.08. The van der Waals surface area contributed by atoms with Crippen molar-refractivity contribution in [2.75, 3.05) is 0 Å². The van der Waals surface area contributed by atoms with E-state index in [1.165, 1.54) is 11.2 Å². The number of aromatic nitrogens is 3. The maximum Gasteiger partial charge on any atom is 0.115 e. The van der Waals surface area contributed by atoms with Crippen LogP contribution in [0.15, 0.2) is 18.7 Å². The highest BCUT2D eigenvalue weighted by atomic mass is 32.1. The fourth-order valence-electron chi connectivity index (χ4n) is 1.43. The van der Waals surface area contributed by atoms with Gasteiger partial charge in [-0.15, -0.1) is 11.3 Å². The molecule has 5 heteroatoms. The van der Waals surface area contributed by atoms with Crippen LogP contribution in [0.4, 0.5) is 0 Å². The van der Waals surface area contributed by atoms with E-state index >= 15 is 0 Å². The van der Waals surface area contributed by atoms with Crippen LogP contribution in [-0.4, -0.2) is 15.0 Å². The van der Waals surface area contributed by atoms with Crippen LogP contribution in [0, 0.1) is 13.8 Å². The molecule has 0 aromatic carbocycles. The molecular weight excluding hydrogens is 220 g/mol. The number of hydrogen-bond donors (Lipinski definition) is 1. The first-order chi connectivity index (χ1) is 7.66. The molecule has 0 aliphatic rings. The zero-order valence-electron chi connectivity index (χ0n) is 9.34. The van der Waals surface area contributed by atoms with Gasteiger partial charge in [-0.2, -0.15) is 0 Å². The Labute approximate surface area is 98.6 Å². The molecular formula is C11H14N4S. The lowest BCUT2D eigenvalue weighted by Crippen LogP contribution is -2.13. The van der Waals surface area contributed by atoms with Crippen molar-refractivity contribution in [1.82, 2.24) is 15.0 Å². The van der Waals surface area contributed by atoms with Gasteiger partial charge in [0.05, 0.1) is 10.7 Å². The van der Waals surface area contributed by atoms with Gasteiger partial charge in [0.25, 0.3) is 0 Å². The molecule has 2 aromatic heterocycles.